The molecule has 1 fully saturated rings. The topological polar surface area (TPSA) is 55.1 Å². The first-order valence-electron chi connectivity index (χ1n) is 5.93. The lowest BCUT2D eigenvalue weighted by Gasteiger charge is -2.28. The van der Waals surface area contributed by atoms with Gasteiger partial charge in [0.05, 0.1) is 5.54 Å². The minimum absolute atomic E-state index is 0. The van der Waals surface area contributed by atoms with E-state index in [0.29, 0.717) is 12.1 Å². The predicted molar refractivity (Wildman–Crippen MR) is 71.4 cm³/mol. The summed E-state index contributed by atoms with van der Waals surface area (Å²) in [6.45, 7) is 0.458. The maximum atomic E-state index is 12.7. The van der Waals surface area contributed by atoms with Gasteiger partial charge in [-0.25, -0.2) is 4.39 Å². The Bertz CT molecular complexity index is 402. The zero-order chi connectivity index (χ0) is 12.3. The molecule has 0 unspecified atom stereocenters. The summed E-state index contributed by atoms with van der Waals surface area (Å²) in [7, 11) is 0. The van der Waals surface area contributed by atoms with Crippen LogP contribution in [0.3, 0.4) is 0 Å². The molecule has 1 aromatic carbocycles. The third-order valence-corrected chi connectivity index (χ3v) is 3.44. The summed E-state index contributed by atoms with van der Waals surface area (Å²) in [5, 5.41) is 2.99. The Labute approximate surface area is 112 Å². The lowest BCUT2D eigenvalue weighted by atomic mass is 9.97. The van der Waals surface area contributed by atoms with Gasteiger partial charge in [0.15, 0.2) is 0 Å². The van der Waals surface area contributed by atoms with Crippen LogP contribution in [0.2, 0.25) is 0 Å². The maximum Gasteiger partial charge on any atom is 0.251 e. The molecule has 0 aliphatic heterocycles. The number of carbonyl (C=O) groups excluding carboxylic acids is 1. The molecular formula is C13H18ClFN2O. The van der Waals surface area contributed by atoms with E-state index < -0.39 is 0 Å². The Kier molecular flexibility index (Phi) is 5.11. The van der Waals surface area contributed by atoms with Crippen LogP contribution >= 0.6 is 12.4 Å². The Morgan fingerprint density at radius 3 is 2.33 bits per heavy atom. The van der Waals surface area contributed by atoms with Crippen molar-refractivity contribution in [2.75, 3.05) is 6.54 Å². The summed E-state index contributed by atoms with van der Waals surface area (Å²) in [6, 6.07) is 5.56. The number of rotatable bonds is 3. The molecule has 3 nitrogen and oxygen atoms in total. The molecule has 1 saturated carbocycles. The number of hydrogen-bond acceptors (Lipinski definition) is 2. The molecule has 0 saturated heterocycles. The van der Waals surface area contributed by atoms with Gasteiger partial charge in [-0.15, -0.1) is 12.4 Å². The Hall–Kier alpha value is -1.13. The van der Waals surface area contributed by atoms with Crippen LogP contribution in [-0.2, 0) is 0 Å². The van der Waals surface area contributed by atoms with E-state index >= 15 is 0 Å². The van der Waals surface area contributed by atoms with E-state index in [4.69, 9.17) is 5.73 Å². The fourth-order valence-electron chi connectivity index (χ4n) is 2.35. The van der Waals surface area contributed by atoms with Gasteiger partial charge in [0, 0.05) is 12.1 Å². The molecule has 0 heterocycles. The highest BCUT2D eigenvalue weighted by molar-refractivity contribution is 5.94. The summed E-state index contributed by atoms with van der Waals surface area (Å²) in [5.41, 5.74) is 5.96. The molecule has 0 atom stereocenters. The van der Waals surface area contributed by atoms with Crippen molar-refractivity contribution in [1.29, 1.82) is 0 Å². The molecule has 0 radical (unpaired) electrons. The largest absolute Gasteiger partial charge is 0.345 e. The fraction of sp³-hybridized carbons (Fsp3) is 0.462. The SMILES string of the molecule is Cl.NCC1(NC(=O)c2ccc(F)cc2)CCCC1. The highest BCUT2D eigenvalue weighted by Crippen LogP contribution is 2.28. The van der Waals surface area contributed by atoms with Crippen molar-refractivity contribution < 1.29 is 9.18 Å². The van der Waals surface area contributed by atoms with Crippen LogP contribution in [0, 0.1) is 5.82 Å². The number of hydrogen-bond donors (Lipinski definition) is 2. The van der Waals surface area contributed by atoms with Crippen LogP contribution in [0.1, 0.15) is 36.0 Å². The maximum absolute atomic E-state index is 12.7. The first-order chi connectivity index (χ1) is 8.15. The van der Waals surface area contributed by atoms with Gasteiger partial charge < -0.3 is 11.1 Å². The summed E-state index contributed by atoms with van der Waals surface area (Å²) in [4.78, 5) is 12.0. The molecular weight excluding hydrogens is 255 g/mol. The number of halogens is 2. The minimum Gasteiger partial charge on any atom is -0.345 e. The van der Waals surface area contributed by atoms with Crippen LogP contribution in [0.5, 0.6) is 0 Å². The molecule has 2 rings (SSSR count). The molecule has 0 spiro atoms. The molecule has 0 bridgehead atoms. The van der Waals surface area contributed by atoms with Crippen molar-refractivity contribution in [3.05, 3.63) is 35.6 Å². The van der Waals surface area contributed by atoms with E-state index in [0.717, 1.165) is 25.7 Å². The predicted octanol–water partition coefficient (Wildman–Crippen LogP) is 2.25. The van der Waals surface area contributed by atoms with Gasteiger partial charge in [0.1, 0.15) is 5.82 Å². The van der Waals surface area contributed by atoms with Gasteiger partial charge in [-0.05, 0) is 37.1 Å². The fourth-order valence-corrected chi connectivity index (χ4v) is 2.35. The van der Waals surface area contributed by atoms with E-state index in [1.165, 1.54) is 24.3 Å². The summed E-state index contributed by atoms with van der Waals surface area (Å²) in [5.74, 6) is -0.506. The average Bonchev–Trinajstić information content (AvgIpc) is 2.79. The van der Waals surface area contributed by atoms with Crippen LogP contribution in [0.25, 0.3) is 0 Å². The average molecular weight is 273 g/mol. The van der Waals surface area contributed by atoms with Gasteiger partial charge >= 0.3 is 0 Å². The highest BCUT2D eigenvalue weighted by Gasteiger charge is 2.33. The lowest BCUT2D eigenvalue weighted by Crippen LogP contribution is -2.51. The molecule has 1 amide bonds. The number of amides is 1. The van der Waals surface area contributed by atoms with E-state index in [2.05, 4.69) is 5.32 Å². The van der Waals surface area contributed by atoms with Crippen molar-refractivity contribution in [2.24, 2.45) is 5.73 Å². The standard InChI is InChI=1S/C13H17FN2O.ClH/c14-11-5-3-10(4-6-11)12(17)16-13(9-15)7-1-2-8-13;/h3-6H,1-2,7-9,15H2,(H,16,17);1H. The quantitative estimate of drug-likeness (QED) is 0.887. The number of nitrogens with two attached hydrogens (primary N) is 1. The van der Waals surface area contributed by atoms with E-state index in [1.807, 2.05) is 0 Å². The van der Waals surface area contributed by atoms with Gasteiger partial charge in [0.25, 0.3) is 5.91 Å². The van der Waals surface area contributed by atoms with Gasteiger partial charge in [-0.1, -0.05) is 12.8 Å². The third-order valence-electron chi connectivity index (χ3n) is 3.44. The summed E-state index contributed by atoms with van der Waals surface area (Å²) in [6.07, 6.45) is 4.05. The molecule has 3 N–H and O–H groups in total. The molecule has 1 aliphatic carbocycles. The molecule has 1 aromatic rings. The molecule has 5 heteroatoms. The van der Waals surface area contributed by atoms with Crippen molar-refractivity contribution >= 4 is 18.3 Å². The van der Waals surface area contributed by atoms with Crippen molar-refractivity contribution in [1.82, 2.24) is 5.32 Å². The minimum atomic E-state index is -0.337. The third kappa shape index (κ3) is 3.21. The van der Waals surface area contributed by atoms with Crippen molar-refractivity contribution in [2.45, 2.75) is 31.2 Å². The van der Waals surface area contributed by atoms with E-state index in [-0.39, 0.29) is 29.7 Å². The van der Waals surface area contributed by atoms with Crippen molar-refractivity contribution in [3.63, 3.8) is 0 Å². The molecule has 18 heavy (non-hydrogen) atoms. The second kappa shape index (κ2) is 6.16. The number of carbonyl (C=O) groups is 1. The molecule has 100 valence electrons. The highest BCUT2D eigenvalue weighted by atomic mass is 35.5. The number of nitrogens with one attached hydrogen (secondary N) is 1. The normalized spacial score (nSPS) is 17.0. The van der Waals surface area contributed by atoms with Crippen LogP contribution < -0.4 is 11.1 Å². The Morgan fingerprint density at radius 2 is 1.83 bits per heavy atom. The van der Waals surface area contributed by atoms with Gasteiger partial charge in [0.2, 0.25) is 0 Å². The lowest BCUT2D eigenvalue weighted by molar-refractivity contribution is 0.0903. The summed E-state index contributed by atoms with van der Waals surface area (Å²) < 4.78 is 12.7. The second-order valence-electron chi connectivity index (χ2n) is 4.65. The first kappa shape index (κ1) is 14.9. The van der Waals surface area contributed by atoms with Gasteiger partial charge in [-0.3, -0.25) is 4.79 Å². The second-order valence-corrected chi connectivity index (χ2v) is 4.65. The number of benzene rings is 1. The Balaban J connectivity index is 0.00000162. The van der Waals surface area contributed by atoms with Crippen molar-refractivity contribution in [3.8, 4) is 0 Å². The smallest absolute Gasteiger partial charge is 0.251 e. The van der Waals surface area contributed by atoms with Gasteiger partial charge in [-0.2, -0.15) is 0 Å². The van der Waals surface area contributed by atoms with Crippen LogP contribution in [0.15, 0.2) is 24.3 Å². The molecule has 1 aliphatic rings. The summed E-state index contributed by atoms with van der Waals surface area (Å²) >= 11 is 0. The molecule has 0 aromatic heterocycles. The first-order valence-corrected chi connectivity index (χ1v) is 5.93. The van der Waals surface area contributed by atoms with Crippen LogP contribution in [0.4, 0.5) is 4.39 Å². The zero-order valence-corrected chi connectivity index (χ0v) is 10.9. The zero-order valence-electron chi connectivity index (χ0n) is 10.1. The monoisotopic (exact) mass is 272 g/mol. The van der Waals surface area contributed by atoms with Crippen LogP contribution in [-0.4, -0.2) is 18.0 Å². The Morgan fingerprint density at radius 1 is 1.28 bits per heavy atom. The van der Waals surface area contributed by atoms with E-state index in [1.54, 1.807) is 0 Å². The van der Waals surface area contributed by atoms with E-state index in [9.17, 15) is 9.18 Å².